The maximum atomic E-state index is 12.0. The number of nitrogens with zero attached hydrogens (tertiary/aromatic N) is 3. The Hall–Kier alpha value is -1.25. The molecule has 1 aromatic heterocycles. The van der Waals surface area contributed by atoms with Gasteiger partial charge in [-0.25, -0.2) is 12.7 Å². The van der Waals surface area contributed by atoms with Crippen LogP contribution in [0.5, 0.6) is 0 Å². The van der Waals surface area contributed by atoms with Gasteiger partial charge in [-0.05, 0) is 24.3 Å². The Morgan fingerprint density at radius 1 is 1.28 bits per heavy atom. The van der Waals surface area contributed by atoms with E-state index in [-0.39, 0.29) is 11.7 Å². The van der Waals surface area contributed by atoms with Gasteiger partial charge in [0, 0.05) is 50.1 Å². The number of aliphatic hydroxyl groups excluding tert-OH is 1. The van der Waals surface area contributed by atoms with Gasteiger partial charge in [-0.1, -0.05) is 17.7 Å². The molecule has 0 spiro atoms. The lowest BCUT2D eigenvalue weighted by molar-refractivity contribution is 0.148. The van der Waals surface area contributed by atoms with Gasteiger partial charge < -0.3 is 5.11 Å². The van der Waals surface area contributed by atoms with Crippen LogP contribution in [0.25, 0.3) is 10.9 Å². The molecule has 2 atom stereocenters. The summed E-state index contributed by atoms with van der Waals surface area (Å²) in [6.07, 6.45) is -0.644. The summed E-state index contributed by atoms with van der Waals surface area (Å²) in [6, 6.07) is 9.48. The third-order valence-corrected chi connectivity index (χ3v) is 6.75. The number of pyridine rings is 1. The van der Waals surface area contributed by atoms with E-state index in [0.29, 0.717) is 24.7 Å². The van der Waals surface area contributed by atoms with Crippen LogP contribution < -0.4 is 0 Å². The SMILES string of the molecule is CN(C)S(=O)(=O)C[C@@H]1CN(Cc2ccc3cc(Cl)ccc3n2)C[C@H]1O. The van der Waals surface area contributed by atoms with E-state index in [0.717, 1.165) is 16.6 Å². The van der Waals surface area contributed by atoms with E-state index in [4.69, 9.17) is 11.6 Å². The molecule has 25 heavy (non-hydrogen) atoms. The highest BCUT2D eigenvalue weighted by molar-refractivity contribution is 7.89. The van der Waals surface area contributed by atoms with Gasteiger partial charge in [0.25, 0.3) is 0 Å². The molecule has 6 nitrogen and oxygen atoms in total. The van der Waals surface area contributed by atoms with Gasteiger partial charge in [0.05, 0.1) is 23.1 Å². The Bertz CT molecular complexity index is 873. The molecule has 0 radical (unpaired) electrons. The molecule has 1 N–H and O–H groups in total. The van der Waals surface area contributed by atoms with Gasteiger partial charge in [0.2, 0.25) is 10.0 Å². The fourth-order valence-corrected chi connectivity index (χ4v) is 4.46. The molecule has 8 heteroatoms. The second-order valence-electron chi connectivity index (χ2n) is 6.72. The van der Waals surface area contributed by atoms with Crippen molar-refractivity contribution in [3.8, 4) is 0 Å². The number of benzene rings is 1. The summed E-state index contributed by atoms with van der Waals surface area (Å²) < 4.78 is 25.3. The van der Waals surface area contributed by atoms with Gasteiger partial charge >= 0.3 is 0 Å². The predicted molar refractivity (Wildman–Crippen MR) is 99.0 cm³/mol. The molecule has 0 unspecified atom stereocenters. The number of likely N-dealkylation sites (tertiary alicyclic amines) is 1. The highest BCUT2D eigenvalue weighted by Crippen LogP contribution is 2.23. The summed E-state index contributed by atoms with van der Waals surface area (Å²) in [5.74, 6) is -0.326. The van der Waals surface area contributed by atoms with Crippen molar-refractivity contribution in [1.29, 1.82) is 0 Å². The Labute approximate surface area is 153 Å². The minimum absolute atomic E-state index is 0.0404. The van der Waals surface area contributed by atoms with Crippen LogP contribution in [0, 0.1) is 5.92 Å². The van der Waals surface area contributed by atoms with Gasteiger partial charge in [0.15, 0.2) is 0 Å². The maximum absolute atomic E-state index is 12.0. The number of aromatic nitrogens is 1. The summed E-state index contributed by atoms with van der Waals surface area (Å²) in [7, 11) is -0.298. The Morgan fingerprint density at radius 3 is 2.76 bits per heavy atom. The van der Waals surface area contributed by atoms with Gasteiger partial charge in [0.1, 0.15) is 0 Å². The zero-order valence-corrected chi connectivity index (χ0v) is 15.8. The monoisotopic (exact) mass is 383 g/mol. The smallest absolute Gasteiger partial charge is 0.214 e. The van der Waals surface area contributed by atoms with Crippen molar-refractivity contribution < 1.29 is 13.5 Å². The van der Waals surface area contributed by atoms with E-state index < -0.39 is 16.1 Å². The maximum Gasteiger partial charge on any atom is 0.214 e. The number of fused-ring (bicyclic) bond motifs is 1. The third-order valence-electron chi connectivity index (χ3n) is 4.56. The van der Waals surface area contributed by atoms with Crippen LogP contribution in [0.1, 0.15) is 5.69 Å². The molecule has 1 aliphatic rings. The van der Waals surface area contributed by atoms with Crippen molar-refractivity contribution in [3.05, 3.63) is 41.0 Å². The largest absolute Gasteiger partial charge is 0.391 e. The average molecular weight is 384 g/mol. The molecular weight excluding hydrogens is 362 g/mol. The van der Waals surface area contributed by atoms with Crippen molar-refractivity contribution in [2.45, 2.75) is 12.6 Å². The fourth-order valence-electron chi connectivity index (χ4n) is 3.11. The predicted octanol–water partition coefficient (Wildman–Crippen LogP) is 1.57. The van der Waals surface area contributed by atoms with E-state index >= 15 is 0 Å². The summed E-state index contributed by atoms with van der Waals surface area (Å²) in [5.41, 5.74) is 1.76. The molecule has 2 aromatic rings. The lowest BCUT2D eigenvalue weighted by Gasteiger charge is -2.18. The highest BCUT2D eigenvalue weighted by atomic mass is 35.5. The summed E-state index contributed by atoms with van der Waals surface area (Å²) in [5, 5.41) is 11.9. The second-order valence-corrected chi connectivity index (χ2v) is 9.39. The quantitative estimate of drug-likeness (QED) is 0.848. The molecule has 0 saturated carbocycles. The lowest BCUT2D eigenvalue weighted by atomic mass is 10.1. The Morgan fingerprint density at radius 2 is 2.04 bits per heavy atom. The van der Waals surface area contributed by atoms with Crippen molar-refractivity contribution in [3.63, 3.8) is 0 Å². The first-order valence-corrected chi connectivity index (χ1v) is 10.1. The number of halogens is 1. The van der Waals surface area contributed by atoms with E-state index in [1.807, 2.05) is 35.2 Å². The lowest BCUT2D eigenvalue weighted by Crippen LogP contribution is -2.33. The van der Waals surface area contributed by atoms with E-state index in [9.17, 15) is 13.5 Å². The molecule has 0 bridgehead atoms. The zero-order valence-electron chi connectivity index (χ0n) is 14.3. The van der Waals surface area contributed by atoms with Crippen LogP contribution in [0.15, 0.2) is 30.3 Å². The molecule has 1 aliphatic heterocycles. The first-order chi connectivity index (χ1) is 11.7. The summed E-state index contributed by atoms with van der Waals surface area (Å²) in [4.78, 5) is 6.67. The van der Waals surface area contributed by atoms with E-state index in [1.165, 1.54) is 18.4 Å². The minimum atomic E-state index is -3.33. The number of hydrogen-bond acceptors (Lipinski definition) is 5. The minimum Gasteiger partial charge on any atom is -0.391 e. The Kier molecular flexibility index (Phi) is 5.31. The zero-order chi connectivity index (χ0) is 18.2. The number of hydrogen-bond donors (Lipinski definition) is 1. The van der Waals surface area contributed by atoms with Crippen molar-refractivity contribution in [2.75, 3.05) is 32.9 Å². The van der Waals surface area contributed by atoms with E-state index in [1.54, 1.807) is 0 Å². The molecule has 1 saturated heterocycles. The third kappa shape index (κ3) is 4.30. The second kappa shape index (κ2) is 7.17. The average Bonchev–Trinajstić information content (AvgIpc) is 2.86. The van der Waals surface area contributed by atoms with Crippen LogP contribution in [0.2, 0.25) is 5.02 Å². The van der Waals surface area contributed by atoms with Crippen LogP contribution in [-0.2, 0) is 16.6 Å². The molecule has 1 fully saturated rings. The molecular formula is C17H22ClN3O3S. The number of β-amino-alcohol motifs (C(OH)–C–C–N with tert-alkyl or cyclic N) is 1. The van der Waals surface area contributed by atoms with E-state index in [2.05, 4.69) is 4.98 Å². The molecule has 2 heterocycles. The summed E-state index contributed by atoms with van der Waals surface area (Å²) >= 11 is 5.99. The molecule has 0 aliphatic carbocycles. The van der Waals surface area contributed by atoms with Gasteiger partial charge in [-0.3, -0.25) is 9.88 Å². The number of aliphatic hydroxyl groups is 1. The van der Waals surface area contributed by atoms with Crippen LogP contribution in [-0.4, -0.2) is 66.8 Å². The first kappa shape index (κ1) is 18.5. The highest BCUT2D eigenvalue weighted by Gasteiger charge is 2.35. The fraction of sp³-hybridized carbons (Fsp3) is 0.471. The van der Waals surface area contributed by atoms with Crippen molar-refractivity contribution >= 4 is 32.5 Å². The molecule has 3 rings (SSSR count). The number of sulfonamides is 1. The number of rotatable bonds is 5. The van der Waals surface area contributed by atoms with Gasteiger partial charge in [-0.2, -0.15) is 0 Å². The van der Waals surface area contributed by atoms with Crippen molar-refractivity contribution in [2.24, 2.45) is 5.92 Å². The standard InChI is InChI=1S/C17H22ClN3O3S/c1-20(2)25(23,24)11-13-8-21(10-17(13)22)9-15-5-3-12-7-14(18)4-6-16(12)19-15/h3-7,13,17,22H,8-11H2,1-2H3/t13-,17+/m0/s1. The molecule has 0 amide bonds. The molecule has 136 valence electrons. The summed E-state index contributed by atoms with van der Waals surface area (Å²) in [6.45, 7) is 1.57. The Balaban J connectivity index is 1.69. The topological polar surface area (TPSA) is 73.7 Å². The van der Waals surface area contributed by atoms with Crippen LogP contribution >= 0.6 is 11.6 Å². The first-order valence-electron chi connectivity index (χ1n) is 8.10. The van der Waals surface area contributed by atoms with Crippen molar-refractivity contribution in [1.82, 2.24) is 14.2 Å². The normalized spacial score (nSPS) is 22.1. The van der Waals surface area contributed by atoms with Crippen LogP contribution in [0.3, 0.4) is 0 Å². The molecule has 1 aromatic carbocycles. The van der Waals surface area contributed by atoms with Gasteiger partial charge in [-0.15, -0.1) is 0 Å². The van der Waals surface area contributed by atoms with Crippen LogP contribution in [0.4, 0.5) is 0 Å².